The Kier molecular flexibility index (Phi) is 5.46. The quantitative estimate of drug-likeness (QED) is 0.809. The monoisotopic (exact) mass is 366 g/mol. The Hall–Kier alpha value is -3.27. The summed E-state index contributed by atoms with van der Waals surface area (Å²) < 4.78 is 6.27. The topological polar surface area (TPSA) is 110 Å². The van der Waals surface area contributed by atoms with Crippen molar-refractivity contribution in [2.45, 2.75) is 38.1 Å². The number of ether oxygens (including phenoxy) is 1. The molecule has 2 aromatic rings. The second kappa shape index (κ2) is 7.96. The van der Waals surface area contributed by atoms with E-state index in [9.17, 15) is 14.9 Å². The highest BCUT2D eigenvalue weighted by Gasteiger charge is 2.22. The van der Waals surface area contributed by atoms with E-state index in [2.05, 4.69) is 5.32 Å². The smallest absolute Gasteiger partial charge is 0.357 e. The molecule has 7 nitrogen and oxygen atoms in total. The fourth-order valence-electron chi connectivity index (χ4n) is 3.41. The maximum atomic E-state index is 12.4. The van der Waals surface area contributed by atoms with Gasteiger partial charge in [-0.1, -0.05) is 19.3 Å². The van der Waals surface area contributed by atoms with E-state index >= 15 is 0 Å². The Morgan fingerprint density at radius 2 is 1.89 bits per heavy atom. The SMILES string of the molecule is COC(=O)c1c(N)c(C#N)cn1-c1ccc(C(=O)NC2CCCCC2)cc1. The van der Waals surface area contributed by atoms with Gasteiger partial charge in [0, 0.05) is 23.5 Å². The van der Waals surface area contributed by atoms with Gasteiger partial charge in [-0.15, -0.1) is 0 Å². The van der Waals surface area contributed by atoms with Crippen molar-refractivity contribution in [1.29, 1.82) is 5.26 Å². The number of methoxy groups -OCH3 is 1. The number of anilines is 1. The van der Waals surface area contributed by atoms with Crippen molar-refractivity contribution in [2.75, 3.05) is 12.8 Å². The molecule has 7 heteroatoms. The maximum Gasteiger partial charge on any atom is 0.357 e. The summed E-state index contributed by atoms with van der Waals surface area (Å²) >= 11 is 0. The number of nitrogen functional groups attached to an aromatic ring is 1. The Bertz CT molecular complexity index is 887. The Balaban J connectivity index is 1.84. The Labute approximate surface area is 157 Å². The predicted molar refractivity (Wildman–Crippen MR) is 101 cm³/mol. The number of nitrogens with zero attached hydrogens (tertiary/aromatic N) is 2. The molecule has 0 aliphatic heterocycles. The molecule has 1 aromatic heterocycles. The van der Waals surface area contributed by atoms with Crippen molar-refractivity contribution >= 4 is 17.6 Å². The highest BCUT2D eigenvalue weighted by molar-refractivity contribution is 5.96. The minimum atomic E-state index is -0.631. The molecule has 1 aliphatic carbocycles. The van der Waals surface area contributed by atoms with Gasteiger partial charge in [-0.2, -0.15) is 5.26 Å². The number of carbonyl (C=O) groups excluding carboxylic acids is 2. The van der Waals surface area contributed by atoms with Crippen LogP contribution in [0.3, 0.4) is 0 Å². The molecule has 3 rings (SSSR count). The summed E-state index contributed by atoms with van der Waals surface area (Å²) in [6.07, 6.45) is 7.05. The highest BCUT2D eigenvalue weighted by atomic mass is 16.5. The van der Waals surface area contributed by atoms with Crippen LogP contribution in [0.5, 0.6) is 0 Å². The summed E-state index contributed by atoms with van der Waals surface area (Å²) in [5.41, 5.74) is 7.41. The van der Waals surface area contributed by atoms with E-state index in [1.807, 2.05) is 6.07 Å². The van der Waals surface area contributed by atoms with E-state index in [1.165, 1.54) is 24.3 Å². The standard InChI is InChI=1S/C20H22N4O3/c1-27-20(26)18-17(22)14(11-21)12-24(18)16-9-7-13(8-10-16)19(25)23-15-5-3-2-4-6-15/h7-10,12,15H,2-6,22H2,1H3,(H,23,25). The molecule has 0 saturated heterocycles. The van der Waals surface area contributed by atoms with Gasteiger partial charge in [0.1, 0.15) is 6.07 Å². The lowest BCUT2D eigenvalue weighted by Crippen LogP contribution is -2.36. The summed E-state index contributed by atoms with van der Waals surface area (Å²) in [4.78, 5) is 24.5. The number of nitriles is 1. The van der Waals surface area contributed by atoms with Gasteiger partial charge in [-0.3, -0.25) is 4.79 Å². The van der Waals surface area contributed by atoms with Crippen molar-refractivity contribution in [3.63, 3.8) is 0 Å². The van der Waals surface area contributed by atoms with Crippen LogP contribution in [0.25, 0.3) is 5.69 Å². The van der Waals surface area contributed by atoms with Crippen LogP contribution in [0, 0.1) is 11.3 Å². The van der Waals surface area contributed by atoms with Crippen LogP contribution in [0.4, 0.5) is 5.69 Å². The van der Waals surface area contributed by atoms with Crippen LogP contribution in [-0.4, -0.2) is 29.6 Å². The fraction of sp³-hybridized carbons (Fsp3) is 0.350. The molecule has 1 amide bonds. The van der Waals surface area contributed by atoms with Crippen LogP contribution < -0.4 is 11.1 Å². The molecule has 1 aromatic carbocycles. The first-order chi connectivity index (χ1) is 13.0. The Morgan fingerprint density at radius 1 is 1.22 bits per heavy atom. The van der Waals surface area contributed by atoms with Gasteiger partial charge in [0.25, 0.3) is 5.91 Å². The van der Waals surface area contributed by atoms with Crippen molar-refractivity contribution < 1.29 is 14.3 Å². The summed E-state index contributed by atoms with van der Waals surface area (Å²) in [6, 6.07) is 9.00. The van der Waals surface area contributed by atoms with Crippen molar-refractivity contribution in [3.05, 3.63) is 47.3 Å². The molecule has 0 unspecified atom stereocenters. The second-order valence-corrected chi connectivity index (χ2v) is 6.63. The lowest BCUT2D eigenvalue weighted by atomic mass is 9.95. The van der Waals surface area contributed by atoms with E-state index in [0.717, 1.165) is 25.7 Å². The lowest BCUT2D eigenvalue weighted by molar-refractivity contribution is 0.0592. The molecule has 1 saturated carbocycles. The molecule has 27 heavy (non-hydrogen) atoms. The molecule has 0 bridgehead atoms. The zero-order valence-electron chi connectivity index (χ0n) is 15.2. The zero-order valence-corrected chi connectivity index (χ0v) is 15.2. The van der Waals surface area contributed by atoms with Gasteiger partial charge in [0.15, 0.2) is 5.69 Å². The fourth-order valence-corrected chi connectivity index (χ4v) is 3.41. The van der Waals surface area contributed by atoms with E-state index in [1.54, 1.807) is 24.3 Å². The van der Waals surface area contributed by atoms with E-state index < -0.39 is 5.97 Å². The van der Waals surface area contributed by atoms with Crippen LogP contribution in [0.15, 0.2) is 30.5 Å². The number of hydrogen-bond acceptors (Lipinski definition) is 5. The molecular formula is C20H22N4O3. The lowest BCUT2D eigenvalue weighted by Gasteiger charge is -2.22. The molecule has 140 valence electrons. The number of esters is 1. The van der Waals surface area contributed by atoms with Gasteiger partial charge < -0.3 is 20.4 Å². The number of nitrogens with one attached hydrogen (secondary N) is 1. The largest absolute Gasteiger partial charge is 0.464 e. The van der Waals surface area contributed by atoms with Gasteiger partial charge in [0.2, 0.25) is 0 Å². The average molecular weight is 366 g/mol. The van der Waals surface area contributed by atoms with Gasteiger partial charge in [-0.05, 0) is 37.1 Å². The summed E-state index contributed by atoms with van der Waals surface area (Å²) in [5, 5.41) is 12.3. The molecular weight excluding hydrogens is 344 g/mol. The molecule has 1 heterocycles. The number of nitrogens with two attached hydrogens (primary N) is 1. The molecule has 1 fully saturated rings. The van der Waals surface area contributed by atoms with Crippen LogP contribution in [-0.2, 0) is 4.74 Å². The summed E-state index contributed by atoms with van der Waals surface area (Å²) in [6.45, 7) is 0. The Morgan fingerprint density at radius 3 is 2.48 bits per heavy atom. The number of benzene rings is 1. The molecule has 0 radical (unpaired) electrons. The predicted octanol–water partition coefficient (Wildman–Crippen LogP) is 2.78. The zero-order chi connectivity index (χ0) is 19.4. The average Bonchev–Trinajstić information content (AvgIpc) is 3.04. The minimum absolute atomic E-state index is 0.0727. The first kappa shape index (κ1) is 18.5. The maximum absolute atomic E-state index is 12.4. The van der Waals surface area contributed by atoms with Gasteiger partial charge in [-0.25, -0.2) is 4.79 Å². The second-order valence-electron chi connectivity index (χ2n) is 6.63. The van der Waals surface area contributed by atoms with Crippen LogP contribution >= 0.6 is 0 Å². The number of hydrogen-bond donors (Lipinski definition) is 2. The van der Waals surface area contributed by atoms with Crippen LogP contribution in [0.1, 0.15) is 58.5 Å². The number of carbonyl (C=O) groups is 2. The van der Waals surface area contributed by atoms with E-state index in [4.69, 9.17) is 10.5 Å². The van der Waals surface area contributed by atoms with Gasteiger partial charge >= 0.3 is 5.97 Å². The first-order valence-corrected chi connectivity index (χ1v) is 8.95. The molecule has 1 aliphatic rings. The number of amides is 1. The molecule has 3 N–H and O–H groups in total. The molecule has 0 atom stereocenters. The first-order valence-electron chi connectivity index (χ1n) is 8.95. The third-order valence-electron chi connectivity index (χ3n) is 4.89. The van der Waals surface area contributed by atoms with Crippen LogP contribution in [0.2, 0.25) is 0 Å². The number of rotatable bonds is 4. The summed E-state index contributed by atoms with van der Waals surface area (Å²) in [5.74, 6) is -0.737. The summed E-state index contributed by atoms with van der Waals surface area (Å²) in [7, 11) is 1.25. The van der Waals surface area contributed by atoms with Gasteiger partial charge in [0.05, 0.1) is 18.4 Å². The third-order valence-corrected chi connectivity index (χ3v) is 4.89. The minimum Gasteiger partial charge on any atom is -0.464 e. The third kappa shape index (κ3) is 3.80. The van der Waals surface area contributed by atoms with Crippen molar-refractivity contribution in [2.24, 2.45) is 0 Å². The van der Waals surface area contributed by atoms with E-state index in [0.29, 0.717) is 11.3 Å². The molecule has 0 spiro atoms. The number of aromatic nitrogens is 1. The highest BCUT2D eigenvalue weighted by Crippen LogP contribution is 2.25. The van der Waals surface area contributed by atoms with Crippen molar-refractivity contribution in [3.8, 4) is 11.8 Å². The normalized spacial score (nSPS) is 14.4. The van der Waals surface area contributed by atoms with E-state index in [-0.39, 0.29) is 28.9 Å². The van der Waals surface area contributed by atoms with Crippen molar-refractivity contribution in [1.82, 2.24) is 9.88 Å².